The van der Waals surface area contributed by atoms with Crippen LogP contribution in [0.2, 0.25) is 0 Å². The summed E-state index contributed by atoms with van der Waals surface area (Å²) in [5.41, 5.74) is 2.86. The number of rotatable bonds is 1. The Morgan fingerprint density at radius 2 is 1.82 bits per heavy atom. The number of nitrogens with zero attached hydrogens (tertiary/aromatic N) is 1. The fourth-order valence-corrected chi connectivity index (χ4v) is 1.84. The standard InChI is InChI=1S/C14H11NO2/c1-9-2-4-10(5-3-9)14-12-7-6-11(16)8-13(12)15-17-14/h2-8,16H,1H3. The molecule has 0 fully saturated rings. The fraction of sp³-hybridized carbons (Fsp3) is 0.0714. The summed E-state index contributed by atoms with van der Waals surface area (Å²) in [6, 6.07) is 13.1. The van der Waals surface area contributed by atoms with Crippen molar-refractivity contribution in [3.05, 3.63) is 48.0 Å². The van der Waals surface area contributed by atoms with Crippen molar-refractivity contribution in [1.29, 1.82) is 0 Å². The molecular weight excluding hydrogens is 214 g/mol. The first kappa shape index (κ1) is 9.90. The summed E-state index contributed by atoms with van der Waals surface area (Å²) in [6.45, 7) is 2.04. The third kappa shape index (κ3) is 1.65. The zero-order valence-corrected chi connectivity index (χ0v) is 9.34. The number of aryl methyl sites for hydroxylation is 1. The second kappa shape index (κ2) is 3.63. The Balaban J connectivity index is 2.21. The maximum atomic E-state index is 9.36. The van der Waals surface area contributed by atoms with E-state index in [-0.39, 0.29) is 5.75 Å². The largest absolute Gasteiger partial charge is 0.508 e. The average molecular weight is 225 g/mol. The van der Waals surface area contributed by atoms with E-state index in [0.29, 0.717) is 5.52 Å². The first-order chi connectivity index (χ1) is 8.24. The van der Waals surface area contributed by atoms with Gasteiger partial charge in [0, 0.05) is 17.0 Å². The van der Waals surface area contributed by atoms with Gasteiger partial charge in [-0.05, 0) is 19.1 Å². The monoisotopic (exact) mass is 225 g/mol. The summed E-state index contributed by atoms with van der Waals surface area (Å²) in [4.78, 5) is 0. The Hall–Kier alpha value is -2.29. The molecule has 0 radical (unpaired) electrons. The number of phenols is 1. The van der Waals surface area contributed by atoms with Crippen LogP contribution in [0, 0.1) is 6.92 Å². The van der Waals surface area contributed by atoms with Gasteiger partial charge in [-0.15, -0.1) is 0 Å². The van der Waals surface area contributed by atoms with Gasteiger partial charge in [-0.1, -0.05) is 35.0 Å². The summed E-state index contributed by atoms with van der Waals surface area (Å²) >= 11 is 0. The highest BCUT2D eigenvalue weighted by Gasteiger charge is 2.10. The van der Waals surface area contributed by atoms with Crippen molar-refractivity contribution in [1.82, 2.24) is 5.16 Å². The molecule has 0 aliphatic rings. The van der Waals surface area contributed by atoms with Crippen LogP contribution in [-0.2, 0) is 0 Å². The molecule has 1 aromatic heterocycles. The minimum Gasteiger partial charge on any atom is -0.508 e. The number of benzene rings is 2. The molecule has 3 rings (SSSR count). The van der Waals surface area contributed by atoms with Gasteiger partial charge in [-0.25, -0.2) is 0 Å². The normalized spacial score (nSPS) is 10.9. The van der Waals surface area contributed by atoms with Crippen LogP contribution in [-0.4, -0.2) is 10.3 Å². The lowest BCUT2D eigenvalue weighted by molar-refractivity contribution is 0.440. The van der Waals surface area contributed by atoms with E-state index in [2.05, 4.69) is 5.16 Å². The Morgan fingerprint density at radius 1 is 1.06 bits per heavy atom. The highest BCUT2D eigenvalue weighted by molar-refractivity contribution is 5.92. The van der Waals surface area contributed by atoms with E-state index in [9.17, 15) is 5.11 Å². The fourth-order valence-electron chi connectivity index (χ4n) is 1.84. The van der Waals surface area contributed by atoms with Crippen LogP contribution in [0.4, 0.5) is 0 Å². The summed E-state index contributed by atoms with van der Waals surface area (Å²) in [5, 5.41) is 14.2. The molecule has 17 heavy (non-hydrogen) atoms. The van der Waals surface area contributed by atoms with Gasteiger partial charge in [0.1, 0.15) is 11.3 Å². The molecule has 3 heteroatoms. The van der Waals surface area contributed by atoms with E-state index in [1.165, 1.54) is 5.56 Å². The third-order valence-electron chi connectivity index (χ3n) is 2.77. The van der Waals surface area contributed by atoms with Gasteiger partial charge in [0.15, 0.2) is 5.76 Å². The smallest absolute Gasteiger partial charge is 0.174 e. The zero-order chi connectivity index (χ0) is 11.8. The van der Waals surface area contributed by atoms with Crippen molar-refractivity contribution in [3.8, 4) is 17.1 Å². The van der Waals surface area contributed by atoms with Gasteiger partial charge in [-0.3, -0.25) is 0 Å². The maximum absolute atomic E-state index is 9.36. The van der Waals surface area contributed by atoms with Crippen LogP contribution in [0.3, 0.4) is 0 Å². The zero-order valence-electron chi connectivity index (χ0n) is 9.34. The van der Waals surface area contributed by atoms with Gasteiger partial charge in [0.05, 0.1) is 0 Å². The summed E-state index contributed by atoms with van der Waals surface area (Å²) < 4.78 is 5.33. The molecule has 0 saturated carbocycles. The molecule has 0 saturated heterocycles. The van der Waals surface area contributed by atoms with Crippen molar-refractivity contribution >= 4 is 10.9 Å². The first-order valence-electron chi connectivity index (χ1n) is 5.39. The highest BCUT2D eigenvalue weighted by Crippen LogP contribution is 2.30. The van der Waals surface area contributed by atoms with Gasteiger partial charge in [0.25, 0.3) is 0 Å². The first-order valence-corrected chi connectivity index (χ1v) is 5.39. The second-order valence-corrected chi connectivity index (χ2v) is 4.08. The minimum atomic E-state index is 0.196. The van der Waals surface area contributed by atoms with E-state index in [1.54, 1.807) is 12.1 Å². The molecule has 0 aliphatic heterocycles. The van der Waals surface area contributed by atoms with Gasteiger partial charge >= 0.3 is 0 Å². The van der Waals surface area contributed by atoms with E-state index < -0.39 is 0 Å². The van der Waals surface area contributed by atoms with Gasteiger partial charge in [0.2, 0.25) is 0 Å². The molecule has 1 heterocycles. The molecule has 0 amide bonds. The predicted molar refractivity (Wildman–Crippen MR) is 65.8 cm³/mol. The van der Waals surface area contributed by atoms with Crippen molar-refractivity contribution < 1.29 is 9.63 Å². The van der Waals surface area contributed by atoms with Crippen molar-refractivity contribution in [2.45, 2.75) is 6.92 Å². The van der Waals surface area contributed by atoms with Crippen LogP contribution < -0.4 is 0 Å². The van der Waals surface area contributed by atoms with E-state index in [4.69, 9.17) is 4.52 Å². The van der Waals surface area contributed by atoms with Crippen LogP contribution in [0.1, 0.15) is 5.56 Å². The van der Waals surface area contributed by atoms with Crippen molar-refractivity contribution in [2.75, 3.05) is 0 Å². The number of aromatic nitrogens is 1. The maximum Gasteiger partial charge on any atom is 0.174 e. The Morgan fingerprint density at radius 3 is 2.59 bits per heavy atom. The van der Waals surface area contributed by atoms with E-state index >= 15 is 0 Å². The summed E-state index contributed by atoms with van der Waals surface area (Å²) in [5.74, 6) is 0.932. The lowest BCUT2D eigenvalue weighted by Gasteiger charge is -1.97. The Bertz CT molecular complexity index is 668. The van der Waals surface area contributed by atoms with E-state index in [0.717, 1.165) is 16.7 Å². The topological polar surface area (TPSA) is 46.3 Å². The number of aromatic hydroxyl groups is 1. The van der Waals surface area contributed by atoms with Crippen molar-refractivity contribution in [2.24, 2.45) is 0 Å². The van der Waals surface area contributed by atoms with Crippen LogP contribution in [0.5, 0.6) is 5.75 Å². The molecular formula is C14H11NO2. The predicted octanol–water partition coefficient (Wildman–Crippen LogP) is 3.51. The molecule has 0 bridgehead atoms. The molecule has 3 nitrogen and oxygen atoms in total. The minimum absolute atomic E-state index is 0.196. The molecule has 84 valence electrons. The number of hydrogen-bond donors (Lipinski definition) is 1. The Kier molecular flexibility index (Phi) is 2.11. The quantitative estimate of drug-likeness (QED) is 0.689. The van der Waals surface area contributed by atoms with Crippen LogP contribution in [0.15, 0.2) is 47.0 Å². The number of fused-ring (bicyclic) bond motifs is 1. The lowest BCUT2D eigenvalue weighted by atomic mass is 10.1. The summed E-state index contributed by atoms with van der Waals surface area (Å²) in [7, 11) is 0. The molecule has 0 spiro atoms. The van der Waals surface area contributed by atoms with Crippen LogP contribution in [0.25, 0.3) is 22.2 Å². The molecule has 0 unspecified atom stereocenters. The molecule has 1 N–H and O–H groups in total. The van der Waals surface area contributed by atoms with Crippen molar-refractivity contribution in [3.63, 3.8) is 0 Å². The number of hydrogen-bond acceptors (Lipinski definition) is 3. The van der Waals surface area contributed by atoms with Gasteiger partial charge < -0.3 is 9.63 Å². The molecule has 0 aliphatic carbocycles. The molecule has 2 aromatic carbocycles. The average Bonchev–Trinajstić information content (AvgIpc) is 2.73. The molecule has 0 atom stereocenters. The lowest BCUT2D eigenvalue weighted by Crippen LogP contribution is -1.76. The second-order valence-electron chi connectivity index (χ2n) is 4.08. The van der Waals surface area contributed by atoms with Crippen LogP contribution >= 0.6 is 0 Å². The SMILES string of the molecule is Cc1ccc(-c2onc3cc(O)ccc23)cc1. The van der Waals surface area contributed by atoms with Gasteiger partial charge in [-0.2, -0.15) is 0 Å². The molecule has 3 aromatic rings. The number of phenolic OH excluding ortho intramolecular Hbond substituents is 1. The highest BCUT2D eigenvalue weighted by atomic mass is 16.5. The van der Waals surface area contributed by atoms with E-state index in [1.807, 2.05) is 37.3 Å². The summed E-state index contributed by atoms with van der Waals surface area (Å²) in [6.07, 6.45) is 0. The Labute approximate surface area is 98.3 Å². The third-order valence-corrected chi connectivity index (χ3v) is 2.77.